The van der Waals surface area contributed by atoms with E-state index in [9.17, 15) is 9.59 Å². The molecule has 4 nitrogen and oxygen atoms in total. The zero-order valence-corrected chi connectivity index (χ0v) is 11.2. The molecule has 0 saturated heterocycles. The highest BCUT2D eigenvalue weighted by Gasteiger charge is 2.19. The van der Waals surface area contributed by atoms with Gasteiger partial charge < -0.3 is 10.4 Å². The zero-order valence-electron chi connectivity index (χ0n) is 10.4. The Bertz CT molecular complexity index is 628. The van der Waals surface area contributed by atoms with E-state index in [0.717, 1.165) is 0 Å². The molecule has 0 saturated carbocycles. The Morgan fingerprint density at radius 2 is 1.60 bits per heavy atom. The van der Waals surface area contributed by atoms with Crippen LogP contribution in [0.2, 0.25) is 0 Å². The third-order valence-corrected chi connectivity index (χ3v) is 3.19. The van der Waals surface area contributed by atoms with E-state index in [1.165, 1.54) is 12.1 Å². The van der Waals surface area contributed by atoms with Crippen LogP contribution in [0.15, 0.2) is 54.6 Å². The fourth-order valence-electron chi connectivity index (χ4n) is 1.75. The van der Waals surface area contributed by atoms with Gasteiger partial charge in [0.15, 0.2) is 0 Å². The van der Waals surface area contributed by atoms with Gasteiger partial charge >= 0.3 is 5.97 Å². The summed E-state index contributed by atoms with van der Waals surface area (Å²) in [5.74, 6) is -1.57. The second-order valence-electron chi connectivity index (χ2n) is 4.11. The van der Waals surface area contributed by atoms with Gasteiger partial charge in [0.05, 0.1) is 11.3 Å². The third-order valence-electron chi connectivity index (χ3n) is 2.74. The quantitative estimate of drug-likeness (QED) is 0.849. The van der Waals surface area contributed by atoms with E-state index >= 15 is 0 Å². The van der Waals surface area contributed by atoms with Crippen molar-refractivity contribution in [2.45, 2.75) is 5.38 Å². The summed E-state index contributed by atoms with van der Waals surface area (Å²) in [5, 5.41) is 10.7. The molecule has 102 valence electrons. The first kappa shape index (κ1) is 14.1. The fraction of sp³-hybridized carbons (Fsp3) is 0.0667. The Kier molecular flexibility index (Phi) is 4.38. The molecule has 0 aromatic heterocycles. The maximum atomic E-state index is 12.1. The Labute approximate surface area is 121 Å². The normalized spacial score (nSPS) is 11.7. The molecule has 0 aliphatic heterocycles. The molecule has 2 aromatic carbocycles. The lowest BCUT2D eigenvalue weighted by Gasteiger charge is -2.12. The van der Waals surface area contributed by atoms with Crippen LogP contribution in [0, 0.1) is 0 Å². The number of carbonyl (C=O) groups is 2. The van der Waals surface area contributed by atoms with Gasteiger partial charge in [0.1, 0.15) is 5.38 Å². The highest BCUT2D eigenvalue weighted by atomic mass is 35.5. The number of para-hydroxylation sites is 1. The van der Waals surface area contributed by atoms with E-state index in [2.05, 4.69) is 5.32 Å². The lowest BCUT2D eigenvalue weighted by Crippen LogP contribution is -2.19. The predicted octanol–water partition coefficient (Wildman–Crippen LogP) is 3.30. The minimum atomic E-state index is -1.10. The number of hydrogen-bond donors (Lipinski definition) is 2. The molecule has 0 heterocycles. The first-order valence-electron chi connectivity index (χ1n) is 5.92. The van der Waals surface area contributed by atoms with Crippen LogP contribution >= 0.6 is 11.6 Å². The second-order valence-corrected chi connectivity index (χ2v) is 4.55. The lowest BCUT2D eigenvalue weighted by molar-refractivity contribution is -0.116. The molecule has 0 aliphatic rings. The van der Waals surface area contributed by atoms with Gasteiger partial charge in [0, 0.05) is 0 Å². The average molecular weight is 290 g/mol. The van der Waals surface area contributed by atoms with Crippen molar-refractivity contribution in [3.63, 3.8) is 0 Å². The fourth-order valence-corrected chi connectivity index (χ4v) is 1.95. The average Bonchev–Trinajstić information content (AvgIpc) is 2.47. The molecule has 0 fully saturated rings. The number of carbonyl (C=O) groups excluding carboxylic acids is 1. The molecule has 20 heavy (non-hydrogen) atoms. The summed E-state index contributed by atoms with van der Waals surface area (Å²) < 4.78 is 0. The number of amides is 1. The van der Waals surface area contributed by atoms with Crippen LogP contribution in [0.25, 0.3) is 0 Å². The number of hydrogen-bond acceptors (Lipinski definition) is 2. The van der Waals surface area contributed by atoms with Crippen molar-refractivity contribution in [1.82, 2.24) is 0 Å². The van der Waals surface area contributed by atoms with Crippen LogP contribution in [0.1, 0.15) is 21.3 Å². The molecular formula is C15H12ClNO3. The minimum absolute atomic E-state index is 0.0257. The van der Waals surface area contributed by atoms with Gasteiger partial charge in [-0.15, -0.1) is 11.6 Å². The van der Waals surface area contributed by atoms with Gasteiger partial charge in [-0.05, 0) is 17.7 Å². The molecule has 1 atom stereocenters. The number of aromatic carboxylic acids is 1. The van der Waals surface area contributed by atoms with Gasteiger partial charge in [0.2, 0.25) is 5.91 Å². The van der Waals surface area contributed by atoms with Crippen LogP contribution in [-0.2, 0) is 4.79 Å². The van der Waals surface area contributed by atoms with Crippen molar-refractivity contribution in [3.8, 4) is 0 Å². The van der Waals surface area contributed by atoms with Crippen molar-refractivity contribution in [3.05, 3.63) is 65.7 Å². The predicted molar refractivity (Wildman–Crippen MR) is 77.1 cm³/mol. The SMILES string of the molecule is O=C(O)c1ccccc1NC(=O)C(Cl)c1ccccc1. The number of carboxylic acids is 1. The Morgan fingerprint density at radius 1 is 1.00 bits per heavy atom. The number of anilines is 1. The first-order valence-corrected chi connectivity index (χ1v) is 6.35. The Balaban J connectivity index is 2.18. The number of rotatable bonds is 4. The summed E-state index contributed by atoms with van der Waals surface area (Å²) in [6, 6.07) is 15.0. The molecule has 2 aromatic rings. The maximum absolute atomic E-state index is 12.1. The molecule has 0 radical (unpaired) electrons. The molecule has 0 spiro atoms. The first-order chi connectivity index (χ1) is 9.59. The van der Waals surface area contributed by atoms with Gasteiger partial charge in [-0.3, -0.25) is 4.79 Å². The standard InChI is InChI=1S/C15H12ClNO3/c16-13(10-6-2-1-3-7-10)14(18)17-12-9-5-4-8-11(12)15(19)20/h1-9,13H,(H,17,18)(H,19,20). The van der Waals surface area contributed by atoms with E-state index < -0.39 is 17.3 Å². The summed E-state index contributed by atoms with van der Waals surface area (Å²) >= 11 is 6.08. The smallest absolute Gasteiger partial charge is 0.337 e. The molecule has 2 rings (SSSR count). The van der Waals surface area contributed by atoms with Crippen molar-refractivity contribution < 1.29 is 14.7 Å². The minimum Gasteiger partial charge on any atom is -0.478 e. The summed E-state index contributed by atoms with van der Waals surface area (Å²) in [5.41, 5.74) is 0.906. The van der Waals surface area contributed by atoms with Crippen LogP contribution in [0.4, 0.5) is 5.69 Å². The molecule has 0 bridgehead atoms. The number of halogens is 1. The summed E-state index contributed by atoms with van der Waals surface area (Å²) in [6.07, 6.45) is 0. The number of nitrogens with one attached hydrogen (secondary N) is 1. The Hall–Kier alpha value is -2.33. The highest BCUT2D eigenvalue weighted by molar-refractivity contribution is 6.32. The van der Waals surface area contributed by atoms with Crippen LogP contribution in [0.5, 0.6) is 0 Å². The number of alkyl halides is 1. The van der Waals surface area contributed by atoms with Crippen LogP contribution in [0.3, 0.4) is 0 Å². The van der Waals surface area contributed by atoms with E-state index in [1.807, 2.05) is 6.07 Å². The molecule has 0 aliphatic carbocycles. The van der Waals surface area contributed by atoms with E-state index in [4.69, 9.17) is 16.7 Å². The second kappa shape index (κ2) is 6.21. The van der Waals surface area contributed by atoms with Crippen molar-refractivity contribution in [2.24, 2.45) is 0 Å². The van der Waals surface area contributed by atoms with Gasteiger partial charge in [-0.25, -0.2) is 4.79 Å². The maximum Gasteiger partial charge on any atom is 0.337 e. The zero-order chi connectivity index (χ0) is 14.5. The monoisotopic (exact) mass is 289 g/mol. The largest absolute Gasteiger partial charge is 0.478 e. The Morgan fingerprint density at radius 3 is 2.25 bits per heavy atom. The van der Waals surface area contributed by atoms with Crippen LogP contribution in [-0.4, -0.2) is 17.0 Å². The summed E-state index contributed by atoms with van der Waals surface area (Å²) in [4.78, 5) is 23.1. The molecule has 5 heteroatoms. The summed E-state index contributed by atoms with van der Waals surface area (Å²) in [6.45, 7) is 0. The topological polar surface area (TPSA) is 66.4 Å². The van der Waals surface area contributed by atoms with E-state index in [1.54, 1.807) is 36.4 Å². The van der Waals surface area contributed by atoms with Crippen molar-refractivity contribution >= 4 is 29.2 Å². The molecular weight excluding hydrogens is 278 g/mol. The molecule has 2 N–H and O–H groups in total. The van der Waals surface area contributed by atoms with Crippen LogP contribution < -0.4 is 5.32 Å². The van der Waals surface area contributed by atoms with Gasteiger partial charge in [-0.2, -0.15) is 0 Å². The molecule has 1 unspecified atom stereocenters. The van der Waals surface area contributed by atoms with Crippen molar-refractivity contribution in [2.75, 3.05) is 5.32 Å². The number of benzene rings is 2. The lowest BCUT2D eigenvalue weighted by atomic mass is 10.1. The van der Waals surface area contributed by atoms with E-state index in [-0.39, 0.29) is 11.3 Å². The van der Waals surface area contributed by atoms with Gasteiger partial charge in [-0.1, -0.05) is 42.5 Å². The highest BCUT2D eigenvalue weighted by Crippen LogP contribution is 2.23. The number of carboxylic acid groups (broad SMARTS) is 1. The summed E-state index contributed by atoms with van der Waals surface area (Å²) in [7, 11) is 0. The van der Waals surface area contributed by atoms with E-state index in [0.29, 0.717) is 5.56 Å². The van der Waals surface area contributed by atoms with Gasteiger partial charge in [0.25, 0.3) is 0 Å². The third kappa shape index (κ3) is 3.16. The van der Waals surface area contributed by atoms with Crippen molar-refractivity contribution in [1.29, 1.82) is 0 Å². The molecule has 1 amide bonds.